The Labute approximate surface area is 77.5 Å². The van der Waals surface area contributed by atoms with Gasteiger partial charge in [0.25, 0.3) is 0 Å². The molecule has 0 aliphatic carbocycles. The van der Waals surface area contributed by atoms with E-state index in [1.54, 1.807) is 0 Å². The summed E-state index contributed by atoms with van der Waals surface area (Å²) in [7, 11) is -2.62. The summed E-state index contributed by atoms with van der Waals surface area (Å²) in [5, 5.41) is 8.85. The van der Waals surface area contributed by atoms with Gasteiger partial charge in [-0.1, -0.05) is 0 Å². The van der Waals surface area contributed by atoms with Gasteiger partial charge in [0.2, 0.25) is 7.37 Å². The molecule has 0 aromatic rings. The van der Waals surface area contributed by atoms with E-state index in [1.165, 1.54) is 0 Å². The molecule has 1 N–H and O–H groups in total. The molecule has 1 aliphatic rings. The number of alkyl halides is 1. The molecule has 3 unspecified atom stereocenters. The van der Waals surface area contributed by atoms with E-state index in [4.69, 9.17) is 16.1 Å². The molecule has 12 heavy (non-hydrogen) atoms. The van der Waals surface area contributed by atoms with Gasteiger partial charge in [-0.05, 0) is 13.8 Å². The lowest BCUT2D eigenvalue weighted by Crippen LogP contribution is -2.16. The molecule has 3 atom stereocenters. The largest absolute Gasteiger partial charge is 0.391 e. The first kappa shape index (κ1) is 10.5. The first-order valence-corrected chi connectivity index (χ1v) is 6.45. The zero-order chi connectivity index (χ0) is 9.35. The van der Waals surface area contributed by atoms with Crippen molar-refractivity contribution in [2.45, 2.75) is 31.4 Å². The summed E-state index contributed by atoms with van der Waals surface area (Å²) in [5.74, 6) is 0. The third kappa shape index (κ3) is 2.46. The standard InChI is InChI=1S/C7H14ClO3P/c1-5(2)11-12(10)3-6(8)7(9)4-12/h5-7,9H,3-4H2,1-2H3. The van der Waals surface area contributed by atoms with Crippen molar-refractivity contribution < 1.29 is 14.2 Å². The molecule has 5 heteroatoms. The number of hydrogen-bond acceptors (Lipinski definition) is 3. The molecule has 0 aromatic heterocycles. The van der Waals surface area contributed by atoms with Crippen molar-refractivity contribution in [3.05, 3.63) is 0 Å². The van der Waals surface area contributed by atoms with Crippen molar-refractivity contribution in [3.63, 3.8) is 0 Å². The fourth-order valence-corrected chi connectivity index (χ4v) is 4.86. The van der Waals surface area contributed by atoms with Gasteiger partial charge in [0.15, 0.2) is 0 Å². The smallest absolute Gasteiger partial charge is 0.207 e. The van der Waals surface area contributed by atoms with E-state index in [9.17, 15) is 9.67 Å². The first-order valence-electron chi connectivity index (χ1n) is 4.01. The van der Waals surface area contributed by atoms with Crippen LogP contribution in [-0.2, 0) is 9.09 Å². The maximum absolute atomic E-state index is 11.8. The second-order valence-corrected chi connectivity index (χ2v) is 6.55. The monoisotopic (exact) mass is 212 g/mol. The molecule has 0 bridgehead atoms. The predicted octanol–water partition coefficient (Wildman–Crippen LogP) is 1.67. The van der Waals surface area contributed by atoms with E-state index in [1.807, 2.05) is 13.8 Å². The summed E-state index contributed by atoms with van der Waals surface area (Å²) in [4.78, 5) is 0. The Hall–Kier alpha value is 0.440. The van der Waals surface area contributed by atoms with Crippen LogP contribution >= 0.6 is 19.0 Å². The first-order chi connectivity index (χ1) is 5.43. The summed E-state index contributed by atoms with van der Waals surface area (Å²) in [5.41, 5.74) is 0. The Morgan fingerprint density at radius 2 is 2.17 bits per heavy atom. The molecule has 0 radical (unpaired) electrons. The highest BCUT2D eigenvalue weighted by atomic mass is 35.5. The van der Waals surface area contributed by atoms with E-state index in [-0.39, 0.29) is 12.3 Å². The van der Waals surface area contributed by atoms with Crippen LogP contribution in [0.3, 0.4) is 0 Å². The Balaban J connectivity index is 2.58. The molecular formula is C7H14ClO3P. The predicted molar refractivity (Wildman–Crippen MR) is 49.2 cm³/mol. The van der Waals surface area contributed by atoms with Crippen LogP contribution in [0.25, 0.3) is 0 Å². The zero-order valence-electron chi connectivity index (χ0n) is 7.24. The fourth-order valence-electron chi connectivity index (χ4n) is 1.33. The van der Waals surface area contributed by atoms with Gasteiger partial charge in [0.1, 0.15) is 0 Å². The minimum Gasteiger partial charge on any atom is -0.391 e. The Kier molecular flexibility index (Phi) is 3.21. The van der Waals surface area contributed by atoms with Gasteiger partial charge in [-0.3, -0.25) is 4.57 Å². The maximum atomic E-state index is 11.8. The zero-order valence-corrected chi connectivity index (χ0v) is 8.89. The highest BCUT2D eigenvalue weighted by Gasteiger charge is 2.41. The van der Waals surface area contributed by atoms with Crippen molar-refractivity contribution in [2.24, 2.45) is 0 Å². The molecular weight excluding hydrogens is 199 g/mol. The van der Waals surface area contributed by atoms with Crippen LogP contribution in [0.2, 0.25) is 0 Å². The van der Waals surface area contributed by atoms with Gasteiger partial charge < -0.3 is 9.63 Å². The van der Waals surface area contributed by atoms with Crippen LogP contribution in [0.1, 0.15) is 13.8 Å². The number of aliphatic hydroxyl groups is 1. The van der Waals surface area contributed by atoms with E-state index in [0.29, 0.717) is 6.16 Å². The van der Waals surface area contributed by atoms with E-state index < -0.39 is 18.8 Å². The number of hydrogen-bond donors (Lipinski definition) is 1. The third-order valence-corrected chi connectivity index (χ3v) is 5.08. The lowest BCUT2D eigenvalue weighted by atomic mass is 10.3. The molecule has 0 aromatic carbocycles. The van der Waals surface area contributed by atoms with Crippen molar-refractivity contribution >= 4 is 19.0 Å². The molecule has 3 nitrogen and oxygen atoms in total. The minimum absolute atomic E-state index is 0.0648. The number of rotatable bonds is 2. The Morgan fingerprint density at radius 3 is 2.50 bits per heavy atom. The van der Waals surface area contributed by atoms with Gasteiger partial charge in [0.05, 0.1) is 23.7 Å². The van der Waals surface area contributed by atoms with Gasteiger partial charge in [-0.2, -0.15) is 0 Å². The molecule has 0 spiro atoms. The quantitative estimate of drug-likeness (QED) is 0.560. The molecule has 0 amide bonds. The van der Waals surface area contributed by atoms with Crippen molar-refractivity contribution in [1.82, 2.24) is 0 Å². The van der Waals surface area contributed by atoms with Crippen LogP contribution in [0.15, 0.2) is 0 Å². The van der Waals surface area contributed by atoms with E-state index in [0.717, 1.165) is 0 Å². The molecule has 72 valence electrons. The molecule has 0 saturated carbocycles. The van der Waals surface area contributed by atoms with Crippen LogP contribution in [0.4, 0.5) is 0 Å². The fraction of sp³-hybridized carbons (Fsp3) is 1.00. The van der Waals surface area contributed by atoms with Crippen molar-refractivity contribution in [1.29, 1.82) is 0 Å². The molecule has 1 heterocycles. The van der Waals surface area contributed by atoms with E-state index in [2.05, 4.69) is 0 Å². The molecule has 1 rings (SSSR count). The van der Waals surface area contributed by atoms with Crippen molar-refractivity contribution in [3.8, 4) is 0 Å². The van der Waals surface area contributed by atoms with Gasteiger partial charge in [-0.25, -0.2) is 0 Å². The third-order valence-electron chi connectivity index (χ3n) is 1.74. The van der Waals surface area contributed by atoms with Crippen LogP contribution in [-0.4, -0.2) is 35.0 Å². The minimum atomic E-state index is -2.62. The van der Waals surface area contributed by atoms with Crippen LogP contribution < -0.4 is 0 Å². The average molecular weight is 213 g/mol. The molecule has 1 saturated heterocycles. The highest BCUT2D eigenvalue weighted by Crippen LogP contribution is 2.55. The van der Waals surface area contributed by atoms with Gasteiger partial charge >= 0.3 is 0 Å². The topological polar surface area (TPSA) is 46.5 Å². The number of halogens is 1. The highest BCUT2D eigenvalue weighted by molar-refractivity contribution is 7.59. The van der Waals surface area contributed by atoms with Crippen LogP contribution in [0, 0.1) is 0 Å². The Bertz CT molecular complexity index is 185. The van der Waals surface area contributed by atoms with E-state index >= 15 is 0 Å². The summed E-state index contributed by atoms with van der Waals surface area (Å²) in [6, 6.07) is 0. The van der Waals surface area contributed by atoms with Gasteiger partial charge in [0, 0.05) is 6.16 Å². The second-order valence-electron chi connectivity index (χ2n) is 3.42. The summed E-state index contributed by atoms with van der Waals surface area (Å²) < 4.78 is 17.0. The lowest BCUT2D eigenvalue weighted by molar-refractivity contribution is 0.201. The van der Waals surface area contributed by atoms with Crippen LogP contribution in [0.5, 0.6) is 0 Å². The number of aliphatic hydroxyl groups excluding tert-OH is 1. The molecule has 1 fully saturated rings. The molecule has 1 aliphatic heterocycles. The summed E-state index contributed by atoms with van der Waals surface area (Å²) >= 11 is 5.73. The van der Waals surface area contributed by atoms with Gasteiger partial charge in [-0.15, -0.1) is 11.6 Å². The average Bonchev–Trinajstić information content (AvgIpc) is 2.04. The lowest BCUT2D eigenvalue weighted by Gasteiger charge is -2.14. The maximum Gasteiger partial charge on any atom is 0.207 e. The normalized spacial score (nSPS) is 42.4. The SMILES string of the molecule is CC(C)OP1(=O)CC(O)C(Cl)C1. The van der Waals surface area contributed by atoms with Crippen molar-refractivity contribution in [2.75, 3.05) is 12.3 Å². The Morgan fingerprint density at radius 1 is 1.58 bits per heavy atom. The second kappa shape index (κ2) is 3.67. The summed E-state index contributed by atoms with van der Waals surface area (Å²) in [6.07, 6.45) is -0.228. The summed E-state index contributed by atoms with van der Waals surface area (Å²) in [6.45, 7) is 3.65.